The van der Waals surface area contributed by atoms with Gasteiger partial charge in [0.2, 0.25) is 0 Å². The van der Waals surface area contributed by atoms with Crippen molar-refractivity contribution >= 4 is 5.91 Å². The summed E-state index contributed by atoms with van der Waals surface area (Å²) < 4.78 is 5.85. The Morgan fingerprint density at radius 2 is 2.12 bits per heavy atom. The standard InChI is InChI=1S/C14H15NO2/c1-2-14(16)15-12-9-6-10-13(12)17-11-7-4-3-5-8-11/h1,3-5,7-8,12-13H,6,9-10H2,(H,15,16). The number of hydrogen-bond acceptors (Lipinski definition) is 2. The highest BCUT2D eigenvalue weighted by molar-refractivity contribution is 5.93. The molecule has 0 radical (unpaired) electrons. The van der Waals surface area contributed by atoms with Crippen LogP contribution in [0.15, 0.2) is 30.3 Å². The van der Waals surface area contributed by atoms with Crippen LogP contribution in [0.3, 0.4) is 0 Å². The molecule has 88 valence electrons. The van der Waals surface area contributed by atoms with Crippen LogP contribution in [0, 0.1) is 12.3 Å². The number of benzene rings is 1. The average Bonchev–Trinajstić information content (AvgIpc) is 2.78. The second kappa shape index (κ2) is 5.40. The first-order valence-corrected chi connectivity index (χ1v) is 5.78. The number of amides is 1. The molecule has 0 aliphatic heterocycles. The molecule has 0 heterocycles. The summed E-state index contributed by atoms with van der Waals surface area (Å²) >= 11 is 0. The molecule has 1 saturated carbocycles. The van der Waals surface area contributed by atoms with Gasteiger partial charge in [0.25, 0.3) is 5.91 Å². The van der Waals surface area contributed by atoms with E-state index in [4.69, 9.17) is 11.2 Å². The van der Waals surface area contributed by atoms with Gasteiger partial charge in [-0.15, -0.1) is 6.42 Å². The largest absolute Gasteiger partial charge is 0.488 e. The first-order valence-electron chi connectivity index (χ1n) is 5.78. The van der Waals surface area contributed by atoms with Crippen molar-refractivity contribution in [3.63, 3.8) is 0 Å². The van der Waals surface area contributed by atoms with Gasteiger partial charge in [0, 0.05) is 0 Å². The van der Waals surface area contributed by atoms with Crippen molar-refractivity contribution in [2.45, 2.75) is 31.4 Å². The monoisotopic (exact) mass is 229 g/mol. The van der Waals surface area contributed by atoms with Crippen LogP contribution >= 0.6 is 0 Å². The van der Waals surface area contributed by atoms with E-state index in [9.17, 15) is 4.79 Å². The molecule has 1 aromatic carbocycles. The molecule has 3 nitrogen and oxygen atoms in total. The fraction of sp³-hybridized carbons (Fsp3) is 0.357. The summed E-state index contributed by atoms with van der Waals surface area (Å²) in [7, 11) is 0. The minimum absolute atomic E-state index is 0.0229. The predicted octanol–water partition coefficient (Wildman–Crippen LogP) is 1.74. The van der Waals surface area contributed by atoms with Crippen molar-refractivity contribution in [1.82, 2.24) is 5.32 Å². The highest BCUT2D eigenvalue weighted by Gasteiger charge is 2.29. The van der Waals surface area contributed by atoms with Gasteiger partial charge < -0.3 is 10.1 Å². The average molecular weight is 229 g/mol. The van der Waals surface area contributed by atoms with Crippen LogP contribution in [-0.2, 0) is 4.79 Å². The normalized spacial score (nSPS) is 22.8. The lowest BCUT2D eigenvalue weighted by Crippen LogP contribution is -2.41. The number of nitrogens with one attached hydrogen (secondary N) is 1. The van der Waals surface area contributed by atoms with Crippen LogP contribution < -0.4 is 10.1 Å². The van der Waals surface area contributed by atoms with Crippen molar-refractivity contribution < 1.29 is 9.53 Å². The summed E-state index contributed by atoms with van der Waals surface area (Å²) in [5.74, 6) is 2.54. The maximum atomic E-state index is 11.2. The predicted molar refractivity (Wildman–Crippen MR) is 65.5 cm³/mol. The van der Waals surface area contributed by atoms with Gasteiger partial charge in [-0.3, -0.25) is 4.79 Å². The zero-order chi connectivity index (χ0) is 12.1. The third-order valence-corrected chi connectivity index (χ3v) is 2.93. The molecule has 1 fully saturated rings. The van der Waals surface area contributed by atoms with Crippen LogP contribution in [-0.4, -0.2) is 18.1 Å². The number of carbonyl (C=O) groups excluding carboxylic acids is 1. The molecule has 2 atom stereocenters. The van der Waals surface area contributed by atoms with Gasteiger partial charge in [0.05, 0.1) is 6.04 Å². The molecule has 1 aromatic rings. The number of terminal acetylenes is 1. The Balaban J connectivity index is 1.96. The molecular weight excluding hydrogens is 214 g/mol. The van der Waals surface area contributed by atoms with E-state index in [0.717, 1.165) is 25.0 Å². The third-order valence-electron chi connectivity index (χ3n) is 2.93. The maximum absolute atomic E-state index is 11.2. The zero-order valence-electron chi connectivity index (χ0n) is 9.56. The van der Waals surface area contributed by atoms with Crippen LogP contribution in [0.1, 0.15) is 19.3 Å². The molecule has 1 N–H and O–H groups in total. The first-order chi connectivity index (χ1) is 8.29. The minimum Gasteiger partial charge on any atom is -0.488 e. The molecule has 0 saturated heterocycles. The molecule has 3 heteroatoms. The van der Waals surface area contributed by atoms with Gasteiger partial charge in [-0.25, -0.2) is 0 Å². The summed E-state index contributed by atoms with van der Waals surface area (Å²) in [5.41, 5.74) is 0. The Kier molecular flexibility index (Phi) is 3.66. The lowest BCUT2D eigenvalue weighted by Gasteiger charge is -2.21. The number of hydrogen-bond donors (Lipinski definition) is 1. The lowest BCUT2D eigenvalue weighted by atomic mass is 10.2. The van der Waals surface area contributed by atoms with Crippen LogP contribution in [0.4, 0.5) is 0 Å². The molecule has 0 spiro atoms. The van der Waals surface area contributed by atoms with Crippen molar-refractivity contribution in [2.75, 3.05) is 0 Å². The molecule has 1 aliphatic carbocycles. The molecular formula is C14H15NO2. The SMILES string of the molecule is C#CC(=O)NC1CCCC1Oc1ccccc1. The van der Waals surface area contributed by atoms with Crippen molar-refractivity contribution in [2.24, 2.45) is 0 Å². The fourth-order valence-corrected chi connectivity index (χ4v) is 2.12. The number of ether oxygens (including phenoxy) is 1. The van der Waals surface area contributed by atoms with Gasteiger partial charge in [-0.1, -0.05) is 18.2 Å². The summed E-state index contributed by atoms with van der Waals surface area (Å²) in [4.78, 5) is 11.2. The molecule has 2 rings (SSSR count). The summed E-state index contributed by atoms with van der Waals surface area (Å²) in [6.07, 6.45) is 7.99. The topological polar surface area (TPSA) is 38.3 Å². The fourth-order valence-electron chi connectivity index (χ4n) is 2.12. The maximum Gasteiger partial charge on any atom is 0.295 e. The molecule has 2 unspecified atom stereocenters. The van der Waals surface area contributed by atoms with E-state index in [1.165, 1.54) is 0 Å². The Hall–Kier alpha value is -1.95. The third kappa shape index (κ3) is 3.01. The Bertz CT molecular complexity index is 422. The van der Waals surface area contributed by atoms with Crippen LogP contribution in [0.2, 0.25) is 0 Å². The van der Waals surface area contributed by atoms with Gasteiger partial charge >= 0.3 is 0 Å². The quantitative estimate of drug-likeness (QED) is 0.802. The van der Waals surface area contributed by atoms with Crippen LogP contribution in [0.5, 0.6) is 5.75 Å². The van der Waals surface area contributed by atoms with E-state index in [2.05, 4.69) is 11.2 Å². The smallest absolute Gasteiger partial charge is 0.295 e. The zero-order valence-corrected chi connectivity index (χ0v) is 9.56. The van der Waals surface area contributed by atoms with Gasteiger partial charge in [-0.2, -0.15) is 0 Å². The highest BCUT2D eigenvalue weighted by atomic mass is 16.5. The Labute approximate surface area is 101 Å². The van der Waals surface area contributed by atoms with E-state index in [0.29, 0.717) is 0 Å². The number of rotatable bonds is 3. The lowest BCUT2D eigenvalue weighted by molar-refractivity contribution is -0.116. The van der Waals surface area contributed by atoms with Crippen LogP contribution in [0.25, 0.3) is 0 Å². The first kappa shape index (κ1) is 11.5. The van der Waals surface area contributed by atoms with Crippen molar-refractivity contribution in [3.05, 3.63) is 30.3 Å². The minimum atomic E-state index is -0.362. The Morgan fingerprint density at radius 1 is 1.35 bits per heavy atom. The van der Waals surface area contributed by atoms with E-state index >= 15 is 0 Å². The molecule has 1 amide bonds. The van der Waals surface area contributed by atoms with E-state index in [-0.39, 0.29) is 18.1 Å². The van der Waals surface area contributed by atoms with Crippen molar-refractivity contribution in [1.29, 1.82) is 0 Å². The van der Waals surface area contributed by atoms with Gasteiger partial charge in [-0.05, 0) is 37.3 Å². The van der Waals surface area contributed by atoms with E-state index in [1.54, 1.807) is 0 Å². The molecule has 0 aromatic heterocycles. The summed E-state index contributed by atoms with van der Waals surface area (Å²) in [6, 6.07) is 9.66. The summed E-state index contributed by atoms with van der Waals surface area (Å²) in [6.45, 7) is 0. The van der Waals surface area contributed by atoms with Gasteiger partial charge in [0.1, 0.15) is 11.9 Å². The number of carbonyl (C=O) groups is 1. The van der Waals surface area contributed by atoms with Crippen molar-refractivity contribution in [3.8, 4) is 18.1 Å². The molecule has 17 heavy (non-hydrogen) atoms. The second-order valence-electron chi connectivity index (χ2n) is 4.12. The summed E-state index contributed by atoms with van der Waals surface area (Å²) in [5, 5.41) is 2.80. The van der Waals surface area contributed by atoms with Gasteiger partial charge in [0.15, 0.2) is 0 Å². The number of para-hydroxylation sites is 1. The molecule has 1 aliphatic rings. The Morgan fingerprint density at radius 3 is 2.82 bits per heavy atom. The van der Waals surface area contributed by atoms with E-state index in [1.807, 2.05) is 30.3 Å². The highest BCUT2D eigenvalue weighted by Crippen LogP contribution is 2.24. The molecule has 0 bridgehead atoms. The second-order valence-corrected chi connectivity index (χ2v) is 4.12. The van der Waals surface area contributed by atoms with E-state index < -0.39 is 0 Å².